The van der Waals surface area contributed by atoms with Gasteiger partial charge < -0.3 is 0 Å². The van der Waals surface area contributed by atoms with E-state index in [4.69, 9.17) is 5.84 Å². The number of rotatable bonds is 3. The molecule has 0 fully saturated rings. The smallest absolute Gasteiger partial charge is 0.0711 e. The molecule has 0 saturated heterocycles. The second kappa shape index (κ2) is 5.36. The molecule has 3 rings (SSSR count). The average Bonchev–Trinajstić information content (AvgIpc) is 2.48. The third-order valence-corrected chi connectivity index (χ3v) is 3.38. The summed E-state index contributed by atoms with van der Waals surface area (Å²) in [6.07, 6.45) is 3.60. The van der Waals surface area contributed by atoms with Crippen LogP contribution in [0.25, 0.3) is 10.9 Å². The molecule has 2 aromatic heterocycles. The fraction of sp³-hybridized carbons (Fsp3) is 0.125. The van der Waals surface area contributed by atoms with Gasteiger partial charge in [-0.15, -0.1) is 0 Å². The van der Waals surface area contributed by atoms with Gasteiger partial charge in [-0.25, -0.2) is 5.43 Å². The summed E-state index contributed by atoms with van der Waals surface area (Å²) >= 11 is 0. The van der Waals surface area contributed by atoms with E-state index in [2.05, 4.69) is 33.6 Å². The predicted molar refractivity (Wildman–Crippen MR) is 79.9 cm³/mol. The lowest BCUT2D eigenvalue weighted by atomic mass is 9.98. The molecule has 2 heterocycles. The molecule has 20 heavy (non-hydrogen) atoms. The first-order valence-corrected chi connectivity index (χ1v) is 6.51. The van der Waals surface area contributed by atoms with Gasteiger partial charge in [-0.05, 0) is 48.4 Å². The average molecular weight is 264 g/mol. The van der Waals surface area contributed by atoms with Crippen LogP contribution in [-0.4, -0.2) is 9.97 Å². The van der Waals surface area contributed by atoms with Gasteiger partial charge in [0.05, 0.1) is 11.6 Å². The standard InChI is InChI=1S/C16H16N4/c1-11-9-14(6-8-18-11)16(20-17)13-4-5-15-12(10-13)3-2-7-19-15/h2-10,16,20H,17H2,1H3. The Labute approximate surface area is 117 Å². The number of pyridine rings is 2. The summed E-state index contributed by atoms with van der Waals surface area (Å²) in [5, 5.41) is 1.11. The zero-order chi connectivity index (χ0) is 13.9. The van der Waals surface area contributed by atoms with E-state index in [1.807, 2.05) is 31.2 Å². The van der Waals surface area contributed by atoms with Gasteiger partial charge >= 0.3 is 0 Å². The lowest BCUT2D eigenvalue weighted by Gasteiger charge is -2.17. The summed E-state index contributed by atoms with van der Waals surface area (Å²) in [4.78, 5) is 8.55. The van der Waals surface area contributed by atoms with Crippen molar-refractivity contribution in [3.63, 3.8) is 0 Å². The van der Waals surface area contributed by atoms with Crippen molar-refractivity contribution in [2.45, 2.75) is 13.0 Å². The van der Waals surface area contributed by atoms with Crippen LogP contribution in [0.2, 0.25) is 0 Å². The normalized spacial score (nSPS) is 12.5. The number of hydrazine groups is 1. The van der Waals surface area contributed by atoms with Crippen molar-refractivity contribution in [3.8, 4) is 0 Å². The van der Waals surface area contributed by atoms with E-state index >= 15 is 0 Å². The molecule has 3 N–H and O–H groups in total. The van der Waals surface area contributed by atoms with Crippen LogP contribution in [0.1, 0.15) is 22.9 Å². The number of nitrogens with one attached hydrogen (secondary N) is 1. The van der Waals surface area contributed by atoms with Gasteiger partial charge in [-0.3, -0.25) is 15.8 Å². The highest BCUT2D eigenvalue weighted by Crippen LogP contribution is 2.24. The summed E-state index contributed by atoms with van der Waals surface area (Å²) in [5.41, 5.74) is 7.05. The van der Waals surface area contributed by atoms with Crippen LogP contribution < -0.4 is 11.3 Å². The van der Waals surface area contributed by atoms with E-state index < -0.39 is 0 Å². The van der Waals surface area contributed by atoms with Crippen LogP contribution in [0.3, 0.4) is 0 Å². The monoisotopic (exact) mass is 264 g/mol. The van der Waals surface area contributed by atoms with Crippen LogP contribution in [0, 0.1) is 6.92 Å². The molecule has 0 bridgehead atoms. The molecule has 1 atom stereocenters. The second-order valence-electron chi connectivity index (χ2n) is 4.79. The number of nitrogens with two attached hydrogens (primary N) is 1. The fourth-order valence-corrected chi connectivity index (χ4v) is 2.41. The van der Waals surface area contributed by atoms with Gasteiger partial charge in [-0.1, -0.05) is 12.1 Å². The van der Waals surface area contributed by atoms with Crippen LogP contribution in [0.4, 0.5) is 0 Å². The van der Waals surface area contributed by atoms with Gasteiger partial charge in [0.1, 0.15) is 0 Å². The predicted octanol–water partition coefficient (Wildman–Crippen LogP) is 2.49. The molecular formula is C16H16N4. The van der Waals surface area contributed by atoms with Gasteiger partial charge in [0.15, 0.2) is 0 Å². The summed E-state index contributed by atoms with van der Waals surface area (Å²) in [7, 11) is 0. The molecule has 100 valence electrons. The quantitative estimate of drug-likeness (QED) is 0.563. The number of aryl methyl sites for hydroxylation is 1. The fourth-order valence-electron chi connectivity index (χ4n) is 2.41. The molecular weight excluding hydrogens is 248 g/mol. The molecule has 0 radical (unpaired) electrons. The summed E-state index contributed by atoms with van der Waals surface area (Å²) < 4.78 is 0. The first-order valence-electron chi connectivity index (χ1n) is 6.51. The van der Waals surface area contributed by atoms with E-state index in [0.29, 0.717) is 0 Å². The topological polar surface area (TPSA) is 63.8 Å². The van der Waals surface area contributed by atoms with Gasteiger partial charge in [0.25, 0.3) is 0 Å². The largest absolute Gasteiger partial charge is 0.271 e. The molecule has 3 aromatic rings. The third kappa shape index (κ3) is 2.39. The van der Waals surface area contributed by atoms with Crippen molar-refractivity contribution < 1.29 is 0 Å². The van der Waals surface area contributed by atoms with Gasteiger partial charge in [-0.2, -0.15) is 0 Å². The molecule has 0 spiro atoms. The number of hydrogen-bond donors (Lipinski definition) is 2. The molecule has 4 heteroatoms. The zero-order valence-electron chi connectivity index (χ0n) is 11.2. The molecule has 1 aromatic carbocycles. The molecule has 0 aliphatic carbocycles. The van der Waals surface area contributed by atoms with Crippen molar-refractivity contribution in [2.24, 2.45) is 5.84 Å². The Morgan fingerprint density at radius 3 is 2.65 bits per heavy atom. The molecule has 0 aliphatic rings. The molecule has 0 amide bonds. The van der Waals surface area contributed by atoms with Crippen LogP contribution in [0.5, 0.6) is 0 Å². The Morgan fingerprint density at radius 2 is 1.85 bits per heavy atom. The summed E-state index contributed by atoms with van der Waals surface area (Å²) in [6.45, 7) is 1.97. The van der Waals surface area contributed by atoms with Crippen molar-refractivity contribution in [1.82, 2.24) is 15.4 Å². The maximum Gasteiger partial charge on any atom is 0.0711 e. The van der Waals surface area contributed by atoms with Crippen LogP contribution >= 0.6 is 0 Å². The minimum atomic E-state index is -0.0543. The summed E-state index contributed by atoms with van der Waals surface area (Å²) in [5.74, 6) is 5.74. The molecule has 0 saturated carbocycles. The number of nitrogens with zero attached hydrogens (tertiary/aromatic N) is 2. The number of hydrogen-bond acceptors (Lipinski definition) is 4. The number of aromatic nitrogens is 2. The first-order chi connectivity index (χ1) is 9.78. The Balaban J connectivity index is 2.07. The highest BCUT2D eigenvalue weighted by atomic mass is 15.2. The number of fused-ring (bicyclic) bond motifs is 1. The van der Waals surface area contributed by atoms with Crippen molar-refractivity contribution in [3.05, 3.63) is 71.7 Å². The zero-order valence-corrected chi connectivity index (χ0v) is 11.2. The van der Waals surface area contributed by atoms with E-state index in [0.717, 1.165) is 27.7 Å². The maximum absolute atomic E-state index is 5.74. The Hall–Kier alpha value is -2.30. The van der Waals surface area contributed by atoms with E-state index in [1.165, 1.54) is 0 Å². The highest BCUT2D eigenvalue weighted by Gasteiger charge is 2.13. The minimum absolute atomic E-state index is 0.0543. The Kier molecular flexibility index (Phi) is 3.41. The molecule has 0 aliphatic heterocycles. The highest BCUT2D eigenvalue weighted by molar-refractivity contribution is 5.79. The van der Waals surface area contributed by atoms with E-state index in [9.17, 15) is 0 Å². The Bertz CT molecular complexity index is 739. The van der Waals surface area contributed by atoms with E-state index in [1.54, 1.807) is 12.4 Å². The minimum Gasteiger partial charge on any atom is -0.271 e. The molecule has 1 unspecified atom stereocenters. The maximum atomic E-state index is 5.74. The van der Waals surface area contributed by atoms with Crippen molar-refractivity contribution >= 4 is 10.9 Å². The van der Waals surface area contributed by atoms with Crippen LogP contribution in [-0.2, 0) is 0 Å². The van der Waals surface area contributed by atoms with Gasteiger partial charge in [0.2, 0.25) is 0 Å². The summed E-state index contributed by atoms with van der Waals surface area (Å²) in [6, 6.07) is 14.1. The lowest BCUT2D eigenvalue weighted by molar-refractivity contribution is 0.636. The number of benzene rings is 1. The van der Waals surface area contributed by atoms with Crippen molar-refractivity contribution in [2.75, 3.05) is 0 Å². The van der Waals surface area contributed by atoms with Gasteiger partial charge in [0, 0.05) is 23.5 Å². The Morgan fingerprint density at radius 1 is 1.00 bits per heavy atom. The second-order valence-corrected chi connectivity index (χ2v) is 4.79. The SMILES string of the molecule is Cc1cc(C(NN)c2ccc3ncccc3c2)ccn1. The molecule has 4 nitrogen and oxygen atoms in total. The van der Waals surface area contributed by atoms with Crippen LogP contribution in [0.15, 0.2) is 54.9 Å². The van der Waals surface area contributed by atoms with E-state index in [-0.39, 0.29) is 6.04 Å². The first kappa shape index (κ1) is 12.7. The van der Waals surface area contributed by atoms with Crippen molar-refractivity contribution in [1.29, 1.82) is 0 Å². The third-order valence-electron chi connectivity index (χ3n) is 3.38. The lowest BCUT2D eigenvalue weighted by Crippen LogP contribution is -2.28.